The minimum absolute atomic E-state index is 0.191. The van der Waals surface area contributed by atoms with E-state index >= 15 is 0 Å². The molecule has 138 valence electrons. The van der Waals surface area contributed by atoms with Crippen LogP contribution in [-0.4, -0.2) is 63.4 Å². The molecule has 0 spiro atoms. The molecule has 0 unspecified atom stereocenters. The lowest BCUT2D eigenvalue weighted by atomic mass is 10.3. The van der Waals surface area contributed by atoms with Gasteiger partial charge in [0.2, 0.25) is 11.8 Å². The van der Waals surface area contributed by atoms with Crippen LogP contribution in [0.4, 0.5) is 8.78 Å². The van der Waals surface area contributed by atoms with Crippen LogP contribution in [0.2, 0.25) is 0 Å². The summed E-state index contributed by atoms with van der Waals surface area (Å²) in [4.78, 5) is 42.3. The van der Waals surface area contributed by atoms with Crippen molar-refractivity contribution in [1.82, 2.24) is 10.6 Å². The molecule has 24 heavy (non-hydrogen) atoms. The Balaban J connectivity index is 3.28. The monoisotopic (exact) mass is 352 g/mol. The largest absolute Gasteiger partial charge is 0.377 e. The molecule has 0 aromatic carbocycles. The van der Waals surface area contributed by atoms with E-state index in [2.05, 4.69) is 10.6 Å². The second-order valence-electron chi connectivity index (χ2n) is 4.63. The molecule has 0 aliphatic heterocycles. The molecule has 0 radical (unpaired) electrons. The summed E-state index contributed by atoms with van der Waals surface area (Å²) in [5.74, 6) is -0.850. The summed E-state index contributed by atoms with van der Waals surface area (Å²) < 4.78 is 34.1. The fraction of sp³-hybridized carbons (Fsp3) is 0.714. The summed E-state index contributed by atoms with van der Waals surface area (Å²) in [5, 5.41) is 4.92. The van der Waals surface area contributed by atoms with Gasteiger partial charge in [0.1, 0.15) is 0 Å². The van der Waals surface area contributed by atoms with Crippen LogP contribution in [-0.2, 0) is 28.7 Å². The van der Waals surface area contributed by atoms with Gasteiger partial charge in [0, 0.05) is 38.8 Å². The number of carbonyl (C=O) groups excluding carboxylic acids is 4. The van der Waals surface area contributed by atoms with Crippen LogP contribution in [0.3, 0.4) is 0 Å². The Morgan fingerprint density at radius 2 is 1.00 bits per heavy atom. The topological polar surface area (TPSA) is 111 Å². The summed E-state index contributed by atoms with van der Waals surface area (Å²) in [5.41, 5.74) is 0. The molecule has 0 rings (SSSR count). The highest BCUT2D eigenvalue weighted by Gasteiger charge is 2.05. The van der Waals surface area contributed by atoms with Gasteiger partial charge in [0.15, 0.2) is 0 Å². The molecule has 2 amide bonds. The van der Waals surface area contributed by atoms with E-state index in [4.69, 9.17) is 9.47 Å². The molecule has 0 aromatic heterocycles. The predicted octanol–water partition coefficient (Wildman–Crippen LogP) is -0.195. The Bertz CT molecular complexity index is 382. The van der Waals surface area contributed by atoms with Crippen LogP contribution < -0.4 is 10.6 Å². The van der Waals surface area contributed by atoms with Gasteiger partial charge >= 0.3 is 12.1 Å². The Morgan fingerprint density at radius 3 is 1.33 bits per heavy atom. The SMILES string of the molecule is O=C(F)CCC(=O)NCCOCCOCCNC(=O)CCC(=O)F. The molecule has 0 saturated carbocycles. The van der Waals surface area contributed by atoms with E-state index in [9.17, 15) is 28.0 Å². The van der Waals surface area contributed by atoms with Gasteiger partial charge in [-0.15, -0.1) is 0 Å². The van der Waals surface area contributed by atoms with Crippen molar-refractivity contribution in [2.24, 2.45) is 0 Å². The Morgan fingerprint density at radius 1 is 0.625 bits per heavy atom. The Hall–Kier alpha value is -1.94. The number of nitrogens with one attached hydrogen (secondary N) is 2. The van der Waals surface area contributed by atoms with Crippen LogP contribution in [0.15, 0.2) is 0 Å². The van der Waals surface area contributed by atoms with Crippen molar-refractivity contribution in [3.8, 4) is 0 Å². The van der Waals surface area contributed by atoms with Gasteiger partial charge in [-0.3, -0.25) is 19.2 Å². The van der Waals surface area contributed by atoms with Crippen molar-refractivity contribution in [3.05, 3.63) is 0 Å². The number of carbonyl (C=O) groups is 4. The lowest BCUT2D eigenvalue weighted by Crippen LogP contribution is -2.28. The number of hydrogen-bond donors (Lipinski definition) is 2. The average Bonchev–Trinajstić information content (AvgIpc) is 2.52. The van der Waals surface area contributed by atoms with E-state index in [0.29, 0.717) is 0 Å². The zero-order chi connectivity index (χ0) is 18.2. The molecular weight excluding hydrogens is 330 g/mol. The number of hydrogen-bond acceptors (Lipinski definition) is 6. The third-order valence-corrected chi connectivity index (χ3v) is 2.61. The van der Waals surface area contributed by atoms with E-state index in [0.717, 1.165) is 0 Å². The third-order valence-electron chi connectivity index (χ3n) is 2.61. The van der Waals surface area contributed by atoms with E-state index in [1.54, 1.807) is 0 Å². The first kappa shape index (κ1) is 22.1. The predicted molar refractivity (Wildman–Crippen MR) is 78.4 cm³/mol. The molecular formula is C14H22F2N2O6. The molecule has 0 aliphatic carbocycles. The quantitative estimate of drug-likeness (QED) is 0.312. The molecule has 0 aromatic rings. The standard InChI is InChI=1S/C14H22F2N2O6/c15-11(19)1-3-13(21)17-5-7-23-9-10-24-8-6-18-14(22)4-2-12(16)20/h1-10H2,(H,17,21)(H,18,22). The smallest absolute Gasteiger partial charge is 0.302 e. The molecule has 0 heterocycles. The first-order valence-corrected chi connectivity index (χ1v) is 7.47. The second-order valence-corrected chi connectivity index (χ2v) is 4.63. The molecule has 10 heteroatoms. The number of halogens is 2. The zero-order valence-corrected chi connectivity index (χ0v) is 13.3. The maximum Gasteiger partial charge on any atom is 0.302 e. The molecule has 0 saturated heterocycles. The maximum absolute atomic E-state index is 11.9. The summed E-state index contributed by atoms with van der Waals surface area (Å²) in [6.45, 7) is 1.52. The molecule has 0 aliphatic rings. The summed E-state index contributed by atoms with van der Waals surface area (Å²) in [6, 6.07) is -3.05. The normalized spacial score (nSPS) is 10.2. The minimum Gasteiger partial charge on any atom is -0.377 e. The van der Waals surface area contributed by atoms with Crippen molar-refractivity contribution >= 4 is 23.9 Å². The Kier molecular flexibility index (Phi) is 13.5. The van der Waals surface area contributed by atoms with Crippen molar-refractivity contribution in [2.45, 2.75) is 25.7 Å². The fourth-order valence-corrected chi connectivity index (χ4v) is 1.45. The van der Waals surface area contributed by atoms with Crippen LogP contribution >= 0.6 is 0 Å². The molecule has 0 bridgehead atoms. The van der Waals surface area contributed by atoms with Crippen molar-refractivity contribution < 1.29 is 37.4 Å². The number of rotatable bonds is 15. The van der Waals surface area contributed by atoms with Gasteiger partial charge in [-0.05, 0) is 0 Å². The third kappa shape index (κ3) is 16.4. The van der Waals surface area contributed by atoms with Crippen molar-refractivity contribution in [3.63, 3.8) is 0 Å². The number of ether oxygens (including phenoxy) is 2. The first-order chi connectivity index (χ1) is 11.4. The summed E-state index contributed by atoms with van der Waals surface area (Å²) >= 11 is 0. The van der Waals surface area contributed by atoms with E-state index in [-0.39, 0.29) is 52.4 Å². The van der Waals surface area contributed by atoms with Gasteiger partial charge < -0.3 is 20.1 Å². The van der Waals surface area contributed by atoms with Crippen LogP contribution in [0.5, 0.6) is 0 Å². The highest BCUT2D eigenvalue weighted by molar-refractivity contribution is 5.81. The molecule has 8 nitrogen and oxygen atoms in total. The fourth-order valence-electron chi connectivity index (χ4n) is 1.45. The van der Waals surface area contributed by atoms with Gasteiger partial charge in [-0.1, -0.05) is 0 Å². The van der Waals surface area contributed by atoms with E-state index in [1.165, 1.54) is 0 Å². The van der Waals surface area contributed by atoms with Gasteiger partial charge in [-0.2, -0.15) is 8.78 Å². The van der Waals surface area contributed by atoms with Crippen LogP contribution in [0.25, 0.3) is 0 Å². The lowest BCUT2D eigenvalue weighted by Gasteiger charge is -2.07. The zero-order valence-electron chi connectivity index (χ0n) is 13.3. The van der Waals surface area contributed by atoms with Gasteiger partial charge in [-0.25, -0.2) is 0 Å². The first-order valence-electron chi connectivity index (χ1n) is 7.47. The highest BCUT2D eigenvalue weighted by atomic mass is 19.1. The Labute approximate surface area is 138 Å². The van der Waals surface area contributed by atoms with E-state index < -0.39 is 36.7 Å². The van der Waals surface area contributed by atoms with Gasteiger partial charge in [0.05, 0.1) is 26.4 Å². The average molecular weight is 352 g/mol. The van der Waals surface area contributed by atoms with Gasteiger partial charge in [0.25, 0.3) is 0 Å². The molecule has 0 fully saturated rings. The summed E-state index contributed by atoms with van der Waals surface area (Å²) in [7, 11) is 0. The van der Waals surface area contributed by atoms with E-state index in [1.807, 2.05) is 0 Å². The highest BCUT2D eigenvalue weighted by Crippen LogP contribution is 1.92. The van der Waals surface area contributed by atoms with Crippen LogP contribution in [0, 0.1) is 0 Å². The molecule has 2 N–H and O–H groups in total. The maximum atomic E-state index is 11.9. The van der Waals surface area contributed by atoms with Crippen LogP contribution in [0.1, 0.15) is 25.7 Å². The minimum atomic E-state index is -1.52. The molecule has 0 atom stereocenters. The second kappa shape index (κ2) is 14.6. The number of amides is 2. The van der Waals surface area contributed by atoms with Crippen molar-refractivity contribution in [1.29, 1.82) is 0 Å². The van der Waals surface area contributed by atoms with Crippen molar-refractivity contribution in [2.75, 3.05) is 39.5 Å². The summed E-state index contributed by atoms with van der Waals surface area (Å²) in [6.07, 6.45) is -1.24. The lowest BCUT2D eigenvalue weighted by molar-refractivity contribution is -0.132.